The summed E-state index contributed by atoms with van der Waals surface area (Å²) in [6.45, 7) is 4.05. The van der Waals surface area contributed by atoms with E-state index in [-0.39, 0.29) is 23.6 Å². The number of carboxylic acid groups (broad SMARTS) is 1. The minimum absolute atomic E-state index is 0.0476. The van der Waals surface area contributed by atoms with Crippen LogP contribution in [0.3, 0.4) is 0 Å². The number of hydrogen-bond donors (Lipinski definition) is 2. The van der Waals surface area contributed by atoms with Crippen molar-refractivity contribution < 1.29 is 14.7 Å². The number of carbonyl (C=O) groups is 2. The average Bonchev–Trinajstić information content (AvgIpc) is 2.94. The van der Waals surface area contributed by atoms with Crippen LogP contribution in [0.25, 0.3) is 0 Å². The quantitative estimate of drug-likeness (QED) is 0.825. The number of hydrogen-bond acceptors (Lipinski definition) is 4. The standard InChI is InChI=1S/C14H24N2O3S/c1-9(2)12-16(10(8-20-12)13(18)19)11(17)7-14(15)5-3-4-6-14/h9-10,12H,3-8,15H2,1-2H3,(H,18,19). The molecule has 1 saturated carbocycles. The van der Waals surface area contributed by atoms with Crippen molar-refractivity contribution >= 4 is 23.6 Å². The molecular weight excluding hydrogens is 276 g/mol. The fourth-order valence-corrected chi connectivity index (χ4v) is 4.69. The highest BCUT2D eigenvalue weighted by Crippen LogP contribution is 2.37. The molecule has 2 unspecified atom stereocenters. The van der Waals surface area contributed by atoms with Gasteiger partial charge in [-0.15, -0.1) is 11.8 Å². The van der Waals surface area contributed by atoms with Crippen LogP contribution in [-0.4, -0.2) is 44.6 Å². The Labute approximate surface area is 124 Å². The highest BCUT2D eigenvalue weighted by atomic mass is 32.2. The van der Waals surface area contributed by atoms with E-state index in [1.165, 1.54) is 0 Å². The molecule has 1 aliphatic carbocycles. The Kier molecular flexibility index (Phi) is 4.64. The summed E-state index contributed by atoms with van der Waals surface area (Å²) in [4.78, 5) is 25.5. The largest absolute Gasteiger partial charge is 0.480 e. The Morgan fingerprint density at radius 1 is 1.40 bits per heavy atom. The second-order valence-corrected chi connectivity index (χ2v) is 7.52. The van der Waals surface area contributed by atoms with Crippen molar-refractivity contribution in [1.29, 1.82) is 0 Å². The number of aliphatic carboxylic acids is 1. The van der Waals surface area contributed by atoms with Gasteiger partial charge in [0.05, 0.1) is 5.37 Å². The summed E-state index contributed by atoms with van der Waals surface area (Å²) in [6, 6.07) is -0.704. The van der Waals surface area contributed by atoms with Gasteiger partial charge in [-0.1, -0.05) is 26.7 Å². The van der Waals surface area contributed by atoms with E-state index in [4.69, 9.17) is 5.73 Å². The molecule has 1 amide bonds. The molecule has 1 aliphatic heterocycles. The Hall–Kier alpha value is -0.750. The Morgan fingerprint density at radius 2 is 2.00 bits per heavy atom. The van der Waals surface area contributed by atoms with Crippen molar-refractivity contribution in [2.75, 3.05) is 5.75 Å². The molecule has 2 fully saturated rings. The zero-order valence-electron chi connectivity index (χ0n) is 12.2. The van der Waals surface area contributed by atoms with Crippen molar-refractivity contribution in [2.24, 2.45) is 11.7 Å². The molecule has 0 radical (unpaired) electrons. The number of carbonyl (C=O) groups excluding carboxylic acids is 1. The Morgan fingerprint density at radius 3 is 2.50 bits per heavy atom. The summed E-state index contributed by atoms with van der Waals surface area (Å²) in [5, 5.41) is 9.27. The number of carboxylic acids is 1. The molecule has 114 valence electrons. The fraction of sp³-hybridized carbons (Fsp3) is 0.857. The predicted octanol–water partition coefficient (Wildman–Crippen LogP) is 1.66. The van der Waals surface area contributed by atoms with Gasteiger partial charge in [0.1, 0.15) is 6.04 Å². The van der Waals surface area contributed by atoms with Gasteiger partial charge in [-0.05, 0) is 18.8 Å². The molecule has 1 saturated heterocycles. The number of nitrogens with zero attached hydrogens (tertiary/aromatic N) is 1. The second kappa shape index (κ2) is 5.93. The third kappa shape index (κ3) is 3.11. The van der Waals surface area contributed by atoms with Gasteiger partial charge in [-0.2, -0.15) is 0 Å². The van der Waals surface area contributed by atoms with Gasteiger partial charge < -0.3 is 15.7 Å². The van der Waals surface area contributed by atoms with Gasteiger partial charge in [0.25, 0.3) is 0 Å². The molecule has 1 heterocycles. The highest BCUT2D eigenvalue weighted by Gasteiger charge is 2.44. The van der Waals surface area contributed by atoms with Gasteiger partial charge in [-0.3, -0.25) is 4.79 Å². The van der Waals surface area contributed by atoms with Crippen LogP contribution in [0.5, 0.6) is 0 Å². The van der Waals surface area contributed by atoms with Gasteiger partial charge >= 0.3 is 5.97 Å². The first-order chi connectivity index (χ1) is 9.34. The zero-order chi connectivity index (χ0) is 14.9. The van der Waals surface area contributed by atoms with E-state index < -0.39 is 17.6 Å². The summed E-state index contributed by atoms with van der Waals surface area (Å²) < 4.78 is 0. The lowest BCUT2D eigenvalue weighted by molar-refractivity contribution is -0.150. The molecule has 2 atom stereocenters. The molecule has 0 aromatic heterocycles. The summed E-state index contributed by atoms with van der Waals surface area (Å²) >= 11 is 1.56. The lowest BCUT2D eigenvalue weighted by Crippen LogP contribution is -2.51. The van der Waals surface area contributed by atoms with Gasteiger partial charge in [0, 0.05) is 17.7 Å². The molecule has 0 spiro atoms. The third-order valence-corrected chi connectivity index (χ3v) is 5.90. The first-order valence-corrected chi connectivity index (χ1v) is 8.33. The van der Waals surface area contributed by atoms with Crippen LogP contribution >= 0.6 is 11.8 Å². The monoisotopic (exact) mass is 300 g/mol. The summed E-state index contributed by atoms with van der Waals surface area (Å²) in [7, 11) is 0. The van der Waals surface area contributed by atoms with E-state index in [0.29, 0.717) is 5.75 Å². The molecular formula is C14H24N2O3S. The predicted molar refractivity (Wildman–Crippen MR) is 79.4 cm³/mol. The minimum Gasteiger partial charge on any atom is -0.480 e. The minimum atomic E-state index is -0.911. The summed E-state index contributed by atoms with van der Waals surface area (Å²) in [6.07, 6.45) is 4.14. The van der Waals surface area contributed by atoms with Crippen molar-refractivity contribution in [3.05, 3.63) is 0 Å². The summed E-state index contributed by atoms with van der Waals surface area (Å²) in [5.41, 5.74) is 5.85. The first kappa shape index (κ1) is 15.6. The SMILES string of the molecule is CC(C)C1SCC(C(=O)O)N1C(=O)CC1(N)CCCC1. The van der Waals surface area contributed by atoms with Crippen LogP contribution < -0.4 is 5.73 Å². The molecule has 6 heteroatoms. The van der Waals surface area contributed by atoms with Crippen molar-refractivity contribution in [3.63, 3.8) is 0 Å². The number of nitrogens with two attached hydrogens (primary N) is 1. The van der Waals surface area contributed by atoms with E-state index in [1.54, 1.807) is 16.7 Å². The maximum absolute atomic E-state index is 12.6. The number of thioether (sulfide) groups is 1. The smallest absolute Gasteiger partial charge is 0.327 e. The Bertz CT molecular complexity index is 394. The molecule has 2 rings (SSSR count). The molecule has 0 aromatic carbocycles. The van der Waals surface area contributed by atoms with Gasteiger partial charge in [0.15, 0.2) is 0 Å². The van der Waals surface area contributed by atoms with Gasteiger partial charge in [0.2, 0.25) is 5.91 Å². The maximum Gasteiger partial charge on any atom is 0.327 e. The van der Waals surface area contributed by atoms with E-state index in [1.807, 2.05) is 13.8 Å². The van der Waals surface area contributed by atoms with Crippen LogP contribution in [0.4, 0.5) is 0 Å². The molecule has 2 aliphatic rings. The van der Waals surface area contributed by atoms with Crippen molar-refractivity contribution in [3.8, 4) is 0 Å². The van der Waals surface area contributed by atoms with Crippen LogP contribution in [0, 0.1) is 5.92 Å². The average molecular weight is 300 g/mol. The lowest BCUT2D eigenvalue weighted by Gasteiger charge is -2.33. The van der Waals surface area contributed by atoms with Crippen LogP contribution in [-0.2, 0) is 9.59 Å². The maximum atomic E-state index is 12.6. The molecule has 20 heavy (non-hydrogen) atoms. The summed E-state index contributed by atoms with van der Waals surface area (Å²) in [5.74, 6) is -0.288. The molecule has 0 aromatic rings. The molecule has 0 bridgehead atoms. The lowest BCUT2D eigenvalue weighted by atomic mass is 9.93. The number of rotatable bonds is 4. The van der Waals surface area contributed by atoms with E-state index in [0.717, 1.165) is 25.7 Å². The van der Waals surface area contributed by atoms with Crippen molar-refractivity contribution in [2.45, 2.75) is 62.9 Å². The third-order valence-electron chi connectivity index (χ3n) is 4.28. The molecule has 3 N–H and O–H groups in total. The first-order valence-electron chi connectivity index (χ1n) is 7.28. The van der Waals surface area contributed by atoms with Crippen LogP contribution in [0.2, 0.25) is 0 Å². The highest BCUT2D eigenvalue weighted by molar-refractivity contribution is 8.00. The van der Waals surface area contributed by atoms with Crippen LogP contribution in [0.15, 0.2) is 0 Å². The molecule has 5 nitrogen and oxygen atoms in total. The van der Waals surface area contributed by atoms with Crippen molar-refractivity contribution in [1.82, 2.24) is 4.90 Å². The second-order valence-electron chi connectivity index (χ2n) is 6.37. The zero-order valence-corrected chi connectivity index (χ0v) is 13.0. The topological polar surface area (TPSA) is 83.6 Å². The van der Waals surface area contributed by atoms with E-state index in [2.05, 4.69) is 0 Å². The normalized spacial score (nSPS) is 29.1. The van der Waals surface area contributed by atoms with Gasteiger partial charge in [-0.25, -0.2) is 4.79 Å². The van der Waals surface area contributed by atoms with E-state index >= 15 is 0 Å². The Balaban J connectivity index is 2.12. The number of amides is 1. The van der Waals surface area contributed by atoms with Crippen LogP contribution in [0.1, 0.15) is 46.0 Å². The van der Waals surface area contributed by atoms with E-state index in [9.17, 15) is 14.7 Å². The fourth-order valence-electron chi connectivity index (χ4n) is 3.20.